The first-order valence-corrected chi connectivity index (χ1v) is 13.5. The third kappa shape index (κ3) is 2.67. The van der Waals surface area contributed by atoms with Crippen molar-refractivity contribution in [3.8, 4) is 0 Å². The maximum atomic E-state index is 2.44. The van der Waals surface area contributed by atoms with Gasteiger partial charge in [0.2, 0.25) is 0 Å². The van der Waals surface area contributed by atoms with E-state index in [1.54, 1.807) is 0 Å². The number of hydrogen-bond donors (Lipinski definition) is 0. The molecule has 1 rings (SSSR count). The van der Waals surface area contributed by atoms with Gasteiger partial charge in [0.25, 0.3) is 0 Å². The van der Waals surface area contributed by atoms with Gasteiger partial charge in [-0.25, -0.2) is 0 Å². The third-order valence-corrected chi connectivity index (χ3v) is 31.7. The zero-order chi connectivity index (χ0) is 8.86. The van der Waals surface area contributed by atoms with E-state index in [0.717, 1.165) is 0 Å². The molecule has 0 aliphatic heterocycles. The van der Waals surface area contributed by atoms with E-state index in [-0.39, 0.29) is 0 Å². The van der Waals surface area contributed by atoms with Crippen LogP contribution in [-0.4, -0.2) is 19.3 Å². The second-order valence-electron chi connectivity index (χ2n) is 4.97. The van der Waals surface area contributed by atoms with E-state index in [4.69, 9.17) is 0 Å². The third-order valence-electron chi connectivity index (χ3n) is 1.44. The van der Waals surface area contributed by atoms with Crippen molar-refractivity contribution in [2.45, 2.75) is 51.9 Å². The van der Waals surface area contributed by atoms with Crippen molar-refractivity contribution in [2.24, 2.45) is 0 Å². The molecule has 0 aliphatic rings. The van der Waals surface area contributed by atoms with Crippen LogP contribution in [0, 0.1) is 0 Å². The molecular weight excluding hydrogens is 286 g/mol. The molecule has 0 saturated carbocycles. The van der Waals surface area contributed by atoms with Gasteiger partial charge in [-0.3, -0.25) is 0 Å². The minimum absolute atomic E-state index is 0.490. The predicted octanol–water partition coefficient (Wildman–Crippen LogP) is 4.23. The van der Waals surface area contributed by atoms with E-state index < -0.39 is 0 Å². The summed E-state index contributed by atoms with van der Waals surface area (Å²) in [5, 5.41) is 1.38. The normalized spacial score (nSPS) is 17.6. The molecule has 0 N–H and O–H groups in total. The molecule has 2 unspecified atom stereocenters. The summed E-state index contributed by atoms with van der Waals surface area (Å²) in [7, 11) is 0. The molecule has 2 atom stereocenters. The molecule has 0 spiro atoms. The Morgan fingerprint density at radius 3 is 1.09 bits per heavy atom. The van der Waals surface area contributed by atoms with Gasteiger partial charge in [0, 0.05) is 0 Å². The Balaban J connectivity index is 2.76. The summed E-state index contributed by atoms with van der Waals surface area (Å²) >= 11 is 0.490. The summed E-state index contributed by atoms with van der Waals surface area (Å²) in [6.45, 7) is 14.7. The van der Waals surface area contributed by atoms with Crippen LogP contribution in [-0.2, 0) is 10.3 Å². The van der Waals surface area contributed by atoms with Crippen LogP contribution in [0.5, 0.6) is 0 Å². The van der Waals surface area contributed by atoms with E-state index in [1.165, 1.54) is 0 Å². The number of hydrogen-bond acceptors (Lipinski definition) is 0. The van der Waals surface area contributed by atoms with Gasteiger partial charge in [-0.1, -0.05) is 0 Å². The van der Waals surface area contributed by atoms with Gasteiger partial charge < -0.3 is 0 Å². The first kappa shape index (κ1) is 10.5. The quantitative estimate of drug-likeness (QED) is 0.629. The van der Waals surface area contributed by atoms with Gasteiger partial charge in [0.05, 0.1) is 0 Å². The Bertz CT molecular complexity index is 203. The van der Waals surface area contributed by atoms with Gasteiger partial charge in [-0.2, -0.15) is 0 Å². The first-order valence-electron chi connectivity index (χ1n) is 4.01. The van der Waals surface area contributed by atoms with Crippen LogP contribution in [0.1, 0.15) is 41.5 Å². The zero-order valence-electron chi connectivity index (χ0n) is 8.30. The fourth-order valence-electron chi connectivity index (χ4n) is 0.847. The molecule has 1 aromatic rings. The average Bonchev–Trinajstić information content (AvgIpc) is 2.30. The van der Waals surface area contributed by atoms with E-state index in [1.807, 2.05) is 0 Å². The summed E-state index contributed by atoms with van der Waals surface area (Å²) in [5.74, 6) is 0. The summed E-state index contributed by atoms with van der Waals surface area (Å²) < 4.78 is 0. The average molecular weight is 304 g/mol. The Morgan fingerprint density at radius 1 is 0.727 bits per heavy atom. The molecule has 0 aromatic carbocycles. The van der Waals surface area contributed by atoms with Gasteiger partial charge >= 0.3 is 80.9 Å². The second-order valence-corrected chi connectivity index (χ2v) is 27.3. The Morgan fingerprint density at radius 2 is 1.00 bits per heavy atom. The van der Waals surface area contributed by atoms with Crippen LogP contribution < -0.4 is 0 Å². The zero-order valence-corrected chi connectivity index (χ0v) is 12.4. The van der Waals surface area contributed by atoms with Gasteiger partial charge in [-0.15, -0.1) is 0 Å². The molecule has 0 saturated heterocycles. The first-order chi connectivity index (χ1) is 4.73. The summed E-state index contributed by atoms with van der Waals surface area (Å²) in [6.07, 6.45) is 0. The van der Waals surface area contributed by atoms with Crippen molar-refractivity contribution in [3.05, 3.63) is 0 Å². The SMILES string of the molecule is CC(C)(C)p1[te]p1C(C)(C)C. The van der Waals surface area contributed by atoms with Crippen molar-refractivity contribution >= 4 is 29.0 Å². The molecule has 0 fully saturated rings. The Kier molecular flexibility index (Phi) is 2.81. The Labute approximate surface area is 80.7 Å². The van der Waals surface area contributed by atoms with E-state index >= 15 is 0 Å². The van der Waals surface area contributed by atoms with Gasteiger partial charge in [0.15, 0.2) is 0 Å². The monoisotopic (exact) mass is 306 g/mol. The Hall–Kier alpha value is 1.39. The molecular formula is C8H18P2Te. The van der Waals surface area contributed by atoms with Crippen LogP contribution in [0.15, 0.2) is 0 Å². The summed E-state index contributed by atoms with van der Waals surface area (Å²) in [5.41, 5.74) is 0. The summed E-state index contributed by atoms with van der Waals surface area (Å²) in [4.78, 5) is 1.10. The van der Waals surface area contributed by atoms with E-state index in [2.05, 4.69) is 41.5 Å². The van der Waals surface area contributed by atoms with Crippen LogP contribution in [0.2, 0.25) is 0 Å². The topological polar surface area (TPSA) is 0 Å². The maximum absolute atomic E-state index is 2.44. The van der Waals surface area contributed by atoms with Crippen molar-refractivity contribution < 1.29 is 0 Å². The summed E-state index contributed by atoms with van der Waals surface area (Å²) in [6, 6.07) is 0. The standard InChI is InChI=1S/C8H18P2Te/c1-7(2,3)9-10(11-9)8(4,5)6/h1-6H3. The van der Waals surface area contributed by atoms with Gasteiger partial charge in [0.1, 0.15) is 0 Å². The molecule has 0 bridgehead atoms. The van der Waals surface area contributed by atoms with E-state index in [9.17, 15) is 0 Å². The molecule has 0 radical (unpaired) electrons. The molecule has 1 aromatic heterocycles. The van der Waals surface area contributed by atoms with Crippen LogP contribution >= 0.6 is 9.72 Å². The van der Waals surface area contributed by atoms with Crippen LogP contribution in [0.4, 0.5) is 0 Å². The fraction of sp³-hybridized carbons (Fsp3) is 1.00. The molecule has 3 heteroatoms. The fourth-order valence-corrected chi connectivity index (χ4v) is 40.1. The van der Waals surface area contributed by atoms with Crippen molar-refractivity contribution in [3.63, 3.8) is 0 Å². The van der Waals surface area contributed by atoms with Crippen LogP contribution in [0.3, 0.4) is 0 Å². The van der Waals surface area contributed by atoms with E-state index in [0.29, 0.717) is 39.3 Å². The van der Waals surface area contributed by atoms with Crippen LogP contribution in [0.25, 0.3) is 0 Å². The van der Waals surface area contributed by atoms with Crippen molar-refractivity contribution in [1.82, 2.24) is 0 Å². The number of rotatable bonds is 0. The second kappa shape index (κ2) is 2.96. The molecule has 11 heavy (non-hydrogen) atoms. The molecule has 0 nitrogen and oxygen atoms in total. The molecule has 66 valence electrons. The van der Waals surface area contributed by atoms with Crippen molar-refractivity contribution in [1.29, 1.82) is 0 Å². The molecule has 0 amide bonds. The minimum atomic E-state index is 0.490. The predicted molar refractivity (Wildman–Crippen MR) is 58.8 cm³/mol. The molecule has 1 heterocycles. The van der Waals surface area contributed by atoms with Crippen molar-refractivity contribution in [2.75, 3.05) is 0 Å². The molecule has 0 aliphatic carbocycles. The van der Waals surface area contributed by atoms with Gasteiger partial charge in [-0.05, 0) is 0 Å².